The Morgan fingerprint density at radius 3 is 2.75 bits per heavy atom. The molecule has 3 aromatic rings. The van der Waals surface area contributed by atoms with Crippen LogP contribution >= 0.6 is 11.3 Å². The maximum Gasteiger partial charge on any atom is 0.269 e. The Kier molecular flexibility index (Phi) is 3.35. The maximum absolute atomic E-state index is 12.1. The van der Waals surface area contributed by atoms with E-state index in [0.717, 1.165) is 20.9 Å². The van der Waals surface area contributed by atoms with Gasteiger partial charge in [-0.25, -0.2) is 4.98 Å². The number of hydrogen-bond acceptors (Lipinski definition) is 4. The summed E-state index contributed by atoms with van der Waals surface area (Å²) in [5.74, 6) is -0.179. The molecule has 0 fully saturated rings. The Labute approximate surface area is 120 Å². The first-order valence-electron chi connectivity index (χ1n) is 6.21. The highest BCUT2D eigenvalue weighted by atomic mass is 32.1. The number of anilines is 1. The van der Waals surface area contributed by atoms with E-state index in [1.165, 1.54) is 0 Å². The molecule has 1 heterocycles. The first-order chi connectivity index (χ1) is 9.72. The van der Waals surface area contributed by atoms with Crippen molar-refractivity contribution in [2.45, 2.75) is 6.92 Å². The molecule has 4 nitrogen and oxygen atoms in total. The third kappa shape index (κ3) is 2.62. The zero-order chi connectivity index (χ0) is 13.9. The van der Waals surface area contributed by atoms with E-state index in [0.29, 0.717) is 5.56 Å². The minimum atomic E-state index is -0.179. The predicted molar refractivity (Wildman–Crippen MR) is 81.9 cm³/mol. The largest absolute Gasteiger partial charge is 0.298 e. The summed E-state index contributed by atoms with van der Waals surface area (Å²) in [6.07, 6.45) is 0. The number of benzene rings is 2. The van der Waals surface area contributed by atoms with E-state index in [9.17, 15) is 4.79 Å². The highest BCUT2D eigenvalue weighted by Crippen LogP contribution is 2.22. The van der Waals surface area contributed by atoms with E-state index in [4.69, 9.17) is 0 Å². The fraction of sp³-hybridized carbons (Fsp3) is 0.0667. The highest BCUT2D eigenvalue weighted by molar-refractivity contribution is 7.18. The first-order valence-corrected chi connectivity index (χ1v) is 7.02. The van der Waals surface area contributed by atoms with Crippen LogP contribution in [0.15, 0.2) is 48.5 Å². The Balaban J connectivity index is 1.75. The second kappa shape index (κ2) is 5.30. The number of rotatable bonds is 3. The summed E-state index contributed by atoms with van der Waals surface area (Å²) in [7, 11) is 0. The van der Waals surface area contributed by atoms with Crippen LogP contribution in [-0.2, 0) is 0 Å². The van der Waals surface area contributed by atoms with E-state index in [-0.39, 0.29) is 5.91 Å². The molecule has 0 radical (unpaired) electrons. The van der Waals surface area contributed by atoms with Crippen molar-refractivity contribution in [1.82, 2.24) is 10.4 Å². The van der Waals surface area contributed by atoms with Gasteiger partial charge in [0.25, 0.3) is 5.91 Å². The number of nitrogens with one attached hydrogen (secondary N) is 2. The number of nitrogens with zero attached hydrogens (tertiary/aromatic N) is 1. The van der Waals surface area contributed by atoms with Crippen molar-refractivity contribution in [3.63, 3.8) is 0 Å². The van der Waals surface area contributed by atoms with Gasteiger partial charge in [-0.15, -0.1) is 11.3 Å². The fourth-order valence-corrected chi connectivity index (χ4v) is 2.71. The lowest BCUT2D eigenvalue weighted by Gasteiger charge is -2.08. The van der Waals surface area contributed by atoms with Crippen molar-refractivity contribution in [2.75, 3.05) is 5.43 Å². The zero-order valence-electron chi connectivity index (χ0n) is 10.9. The summed E-state index contributed by atoms with van der Waals surface area (Å²) in [6, 6.07) is 15.0. The zero-order valence-corrected chi connectivity index (χ0v) is 11.7. The van der Waals surface area contributed by atoms with Crippen molar-refractivity contribution in [1.29, 1.82) is 0 Å². The second-order valence-corrected chi connectivity index (χ2v) is 5.60. The van der Waals surface area contributed by atoms with E-state index in [1.54, 1.807) is 17.4 Å². The van der Waals surface area contributed by atoms with Crippen LogP contribution in [0.3, 0.4) is 0 Å². The number of fused-ring (bicyclic) bond motifs is 1. The Morgan fingerprint density at radius 2 is 1.95 bits per heavy atom. The summed E-state index contributed by atoms with van der Waals surface area (Å²) in [4.78, 5) is 16.5. The average Bonchev–Trinajstić information content (AvgIpc) is 2.85. The molecule has 2 N–H and O–H groups in total. The Morgan fingerprint density at radius 1 is 1.15 bits per heavy atom. The minimum Gasteiger partial charge on any atom is -0.298 e. The Bertz CT molecular complexity index is 752. The molecule has 0 aliphatic heterocycles. The van der Waals surface area contributed by atoms with Crippen molar-refractivity contribution >= 4 is 33.1 Å². The molecule has 1 amide bonds. The van der Waals surface area contributed by atoms with Gasteiger partial charge < -0.3 is 0 Å². The molecule has 1 aromatic heterocycles. The number of hydrogen-bond donors (Lipinski definition) is 2. The number of carbonyl (C=O) groups excluding carboxylic acids is 1. The second-order valence-electron chi connectivity index (χ2n) is 4.36. The lowest BCUT2D eigenvalue weighted by atomic mass is 10.2. The topological polar surface area (TPSA) is 54.0 Å². The molecule has 0 aliphatic rings. The molecule has 0 spiro atoms. The molecule has 0 unspecified atom stereocenters. The molecular weight excluding hydrogens is 270 g/mol. The van der Waals surface area contributed by atoms with Crippen molar-refractivity contribution in [2.24, 2.45) is 0 Å². The van der Waals surface area contributed by atoms with Gasteiger partial charge in [0.05, 0.1) is 20.9 Å². The SMILES string of the molecule is Cc1nc2cc(C(=O)NNc3ccccc3)ccc2s1. The molecule has 100 valence electrons. The number of carbonyl (C=O) groups is 1. The standard InChI is InChI=1S/C15H13N3OS/c1-10-16-13-9-11(7-8-14(13)20-10)15(19)18-17-12-5-3-2-4-6-12/h2-9,17H,1H3,(H,18,19). The van der Waals surface area contributed by atoms with Crippen LogP contribution in [0.1, 0.15) is 15.4 Å². The Hall–Kier alpha value is -2.40. The van der Waals surface area contributed by atoms with Crippen molar-refractivity contribution in [3.8, 4) is 0 Å². The first kappa shape index (κ1) is 12.6. The molecule has 0 bridgehead atoms. The summed E-state index contributed by atoms with van der Waals surface area (Å²) < 4.78 is 1.09. The molecule has 0 saturated heterocycles. The van der Waals surface area contributed by atoms with Crippen molar-refractivity contribution < 1.29 is 4.79 Å². The van der Waals surface area contributed by atoms with Gasteiger partial charge in [0.2, 0.25) is 0 Å². The molecule has 0 aliphatic carbocycles. The smallest absolute Gasteiger partial charge is 0.269 e. The van der Waals surface area contributed by atoms with Gasteiger partial charge in [0, 0.05) is 5.56 Å². The van der Waals surface area contributed by atoms with Gasteiger partial charge in [-0.3, -0.25) is 15.6 Å². The summed E-state index contributed by atoms with van der Waals surface area (Å²) in [5, 5.41) is 1.000. The monoisotopic (exact) mass is 283 g/mol. The van der Waals surface area contributed by atoms with Crippen LogP contribution in [0.5, 0.6) is 0 Å². The van der Waals surface area contributed by atoms with Gasteiger partial charge in [0.1, 0.15) is 0 Å². The summed E-state index contributed by atoms with van der Waals surface area (Å²) in [5.41, 5.74) is 7.84. The van der Waals surface area contributed by atoms with Crippen LogP contribution in [0.25, 0.3) is 10.2 Å². The number of aryl methyl sites for hydroxylation is 1. The molecule has 0 saturated carbocycles. The molecule has 20 heavy (non-hydrogen) atoms. The maximum atomic E-state index is 12.1. The average molecular weight is 283 g/mol. The van der Waals surface area contributed by atoms with Crippen LogP contribution in [0.2, 0.25) is 0 Å². The normalized spacial score (nSPS) is 10.4. The quantitative estimate of drug-likeness (QED) is 0.725. The predicted octanol–water partition coefficient (Wildman–Crippen LogP) is 3.36. The minimum absolute atomic E-state index is 0.179. The van der Waals surface area contributed by atoms with Crippen LogP contribution in [-0.4, -0.2) is 10.9 Å². The summed E-state index contributed by atoms with van der Waals surface area (Å²) in [6.45, 7) is 1.96. The highest BCUT2D eigenvalue weighted by Gasteiger charge is 2.08. The van der Waals surface area contributed by atoms with E-state index in [2.05, 4.69) is 15.8 Å². The van der Waals surface area contributed by atoms with E-state index >= 15 is 0 Å². The number of amides is 1. The van der Waals surface area contributed by atoms with Gasteiger partial charge in [-0.1, -0.05) is 18.2 Å². The van der Waals surface area contributed by atoms with Gasteiger partial charge in [-0.05, 0) is 37.3 Å². The number of hydrazine groups is 1. The molecular formula is C15H13N3OS. The van der Waals surface area contributed by atoms with E-state index in [1.807, 2.05) is 49.4 Å². The van der Waals surface area contributed by atoms with Crippen LogP contribution in [0.4, 0.5) is 5.69 Å². The number of aromatic nitrogens is 1. The molecule has 0 atom stereocenters. The third-order valence-electron chi connectivity index (χ3n) is 2.85. The van der Waals surface area contributed by atoms with Crippen molar-refractivity contribution in [3.05, 3.63) is 59.1 Å². The molecule has 3 rings (SSSR count). The van der Waals surface area contributed by atoms with Crippen LogP contribution < -0.4 is 10.9 Å². The number of thiazole rings is 1. The number of para-hydroxylation sites is 1. The molecule has 2 aromatic carbocycles. The van der Waals surface area contributed by atoms with Gasteiger partial charge in [-0.2, -0.15) is 0 Å². The fourth-order valence-electron chi connectivity index (χ4n) is 1.91. The van der Waals surface area contributed by atoms with Gasteiger partial charge in [0.15, 0.2) is 0 Å². The third-order valence-corrected chi connectivity index (χ3v) is 3.80. The van der Waals surface area contributed by atoms with Gasteiger partial charge >= 0.3 is 0 Å². The lowest BCUT2D eigenvalue weighted by molar-refractivity contribution is 0.0963. The lowest BCUT2D eigenvalue weighted by Crippen LogP contribution is -2.29. The summed E-state index contributed by atoms with van der Waals surface area (Å²) >= 11 is 1.62. The molecule has 5 heteroatoms. The van der Waals surface area contributed by atoms with Crippen LogP contribution in [0, 0.1) is 6.92 Å². The van der Waals surface area contributed by atoms with E-state index < -0.39 is 0 Å².